The summed E-state index contributed by atoms with van der Waals surface area (Å²) < 4.78 is 10.4. The normalized spacial score (nSPS) is 11.2. The molecule has 0 unspecified atom stereocenters. The Bertz CT molecular complexity index is 947. The number of carbonyl (C=O) groups is 3. The zero-order valence-corrected chi connectivity index (χ0v) is 17.7. The van der Waals surface area contributed by atoms with Crippen molar-refractivity contribution in [1.82, 2.24) is 5.32 Å². The van der Waals surface area contributed by atoms with Crippen molar-refractivity contribution in [2.75, 3.05) is 18.5 Å². The van der Waals surface area contributed by atoms with Gasteiger partial charge in [-0.3, -0.25) is 9.59 Å². The third kappa shape index (κ3) is 7.16. The second-order valence-electron chi connectivity index (χ2n) is 7.00. The Kier molecular flexibility index (Phi) is 8.58. The number of esters is 1. The molecule has 8 nitrogen and oxygen atoms in total. The smallest absolute Gasteiger partial charge is 0.329 e. The van der Waals surface area contributed by atoms with Crippen molar-refractivity contribution < 1.29 is 23.9 Å². The van der Waals surface area contributed by atoms with E-state index in [2.05, 4.69) is 10.6 Å². The second-order valence-corrected chi connectivity index (χ2v) is 7.00. The van der Waals surface area contributed by atoms with Crippen LogP contribution in [0.15, 0.2) is 48.5 Å². The first-order chi connectivity index (χ1) is 14.8. The highest BCUT2D eigenvalue weighted by molar-refractivity contribution is 5.97. The average Bonchev–Trinajstić information content (AvgIpc) is 2.76. The molecule has 0 aliphatic carbocycles. The lowest BCUT2D eigenvalue weighted by Crippen LogP contribution is -2.45. The van der Waals surface area contributed by atoms with Crippen LogP contribution in [0.5, 0.6) is 5.75 Å². The van der Waals surface area contributed by atoms with Crippen molar-refractivity contribution in [3.8, 4) is 11.8 Å². The summed E-state index contributed by atoms with van der Waals surface area (Å²) in [6.45, 7) is 5.42. The molecule has 0 heterocycles. The number of carbonyl (C=O) groups excluding carboxylic acids is 3. The fourth-order valence-corrected chi connectivity index (χ4v) is 2.64. The molecular formula is C23H25N3O5. The van der Waals surface area contributed by atoms with Crippen LogP contribution < -0.4 is 15.4 Å². The molecule has 2 rings (SSSR count). The Hall–Kier alpha value is -3.86. The van der Waals surface area contributed by atoms with E-state index in [4.69, 9.17) is 14.7 Å². The molecule has 0 bridgehead atoms. The maximum absolute atomic E-state index is 12.5. The number of hydrogen-bond donors (Lipinski definition) is 2. The number of nitrogens with zero attached hydrogens (tertiary/aromatic N) is 1. The molecule has 0 aliphatic rings. The second kappa shape index (κ2) is 11.4. The molecule has 1 atom stereocenters. The minimum Gasteiger partial charge on any atom is -0.494 e. The summed E-state index contributed by atoms with van der Waals surface area (Å²) in [5.74, 6) is -1.27. The Balaban J connectivity index is 1.91. The zero-order chi connectivity index (χ0) is 22.8. The molecule has 162 valence electrons. The van der Waals surface area contributed by atoms with Gasteiger partial charge in [0.15, 0.2) is 6.61 Å². The molecular weight excluding hydrogens is 398 g/mol. The fourth-order valence-electron chi connectivity index (χ4n) is 2.64. The SMILES string of the molecule is CCOc1ccc(C(=O)N[C@H](C(=O)OCC(=O)Nc2ccc(C#N)cc2)C(C)C)cc1. The van der Waals surface area contributed by atoms with Gasteiger partial charge in [0, 0.05) is 11.3 Å². The molecule has 0 fully saturated rings. The van der Waals surface area contributed by atoms with Gasteiger partial charge in [-0.25, -0.2) is 4.79 Å². The molecule has 0 saturated heterocycles. The van der Waals surface area contributed by atoms with E-state index in [0.717, 1.165) is 0 Å². The molecule has 0 spiro atoms. The van der Waals surface area contributed by atoms with Crippen molar-refractivity contribution in [3.63, 3.8) is 0 Å². The van der Waals surface area contributed by atoms with Gasteiger partial charge in [0.1, 0.15) is 11.8 Å². The zero-order valence-electron chi connectivity index (χ0n) is 17.7. The first-order valence-corrected chi connectivity index (χ1v) is 9.84. The van der Waals surface area contributed by atoms with Gasteiger partial charge in [-0.1, -0.05) is 13.8 Å². The molecule has 2 N–H and O–H groups in total. The van der Waals surface area contributed by atoms with Gasteiger partial charge in [0.2, 0.25) is 0 Å². The molecule has 2 aromatic carbocycles. The summed E-state index contributed by atoms with van der Waals surface area (Å²) in [5, 5.41) is 14.0. The Labute approximate surface area is 181 Å². The highest BCUT2D eigenvalue weighted by Crippen LogP contribution is 2.13. The number of ether oxygens (including phenoxy) is 2. The summed E-state index contributed by atoms with van der Waals surface area (Å²) in [6.07, 6.45) is 0. The van der Waals surface area contributed by atoms with E-state index in [1.165, 1.54) is 0 Å². The van der Waals surface area contributed by atoms with Crippen LogP contribution in [0.25, 0.3) is 0 Å². The molecule has 8 heteroatoms. The fraction of sp³-hybridized carbons (Fsp3) is 0.304. The van der Waals surface area contributed by atoms with E-state index in [0.29, 0.717) is 29.2 Å². The van der Waals surface area contributed by atoms with Gasteiger partial charge in [0.05, 0.1) is 18.2 Å². The lowest BCUT2D eigenvalue weighted by atomic mass is 10.0. The summed E-state index contributed by atoms with van der Waals surface area (Å²) in [5.41, 5.74) is 1.32. The molecule has 0 aromatic heterocycles. The predicted molar refractivity (Wildman–Crippen MR) is 114 cm³/mol. The number of rotatable bonds is 9. The number of benzene rings is 2. The topological polar surface area (TPSA) is 118 Å². The van der Waals surface area contributed by atoms with Crippen LogP contribution in [0.2, 0.25) is 0 Å². The standard InChI is InChI=1S/C23H25N3O5/c1-4-30-19-11-7-17(8-12-19)22(28)26-21(15(2)3)23(29)31-14-20(27)25-18-9-5-16(13-24)6-10-18/h5-12,15,21H,4,14H2,1-3H3,(H,25,27)(H,26,28)/t21-/m0/s1. The van der Waals surface area contributed by atoms with E-state index >= 15 is 0 Å². The van der Waals surface area contributed by atoms with E-state index in [-0.39, 0.29) is 5.92 Å². The summed E-state index contributed by atoms with van der Waals surface area (Å²) in [6, 6.07) is 13.9. The van der Waals surface area contributed by atoms with Crippen molar-refractivity contribution in [2.45, 2.75) is 26.8 Å². The third-order valence-electron chi connectivity index (χ3n) is 4.28. The molecule has 2 aromatic rings. The van der Waals surface area contributed by atoms with Crippen LogP contribution in [0, 0.1) is 17.2 Å². The van der Waals surface area contributed by atoms with Crippen molar-refractivity contribution in [3.05, 3.63) is 59.7 Å². The van der Waals surface area contributed by atoms with Crippen molar-refractivity contribution >= 4 is 23.5 Å². The van der Waals surface area contributed by atoms with Gasteiger partial charge in [-0.15, -0.1) is 0 Å². The number of anilines is 1. The van der Waals surface area contributed by atoms with Gasteiger partial charge < -0.3 is 20.1 Å². The summed E-state index contributed by atoms with van der Waals surface area (Å²) in [4.78, 5) is 37.0. The van der Waals surface area contributed by atoms with Gasteiger partial charge in [-0.2, -0.15) is 5.26 Å². The van der Waals surface area contributed by atoms with Crippen LogP contribution in [0.3, 0.4) is 0 Å². The molecule has 2 amide bonds. The predicted octanol–water partition coefficient (Wildman–Crippen LogP) is 2.89. The number of nitrogens with one attached hydrogen (secondary N) is 2. The number of hydrogen-bond acceptors (Lipinski definition) is 6. The molecule has 0 aliphatic heterocycles. The third-order valence-corrected chi connectivity index (χ3v) is 4.28. The monoisotopic (exact) mass is 423 g/mol. The average molecular weight is 423 g/mol. The van der Waals surface area contributed by atoms with Crippen molar-refractivity contribution in [2.24, 2.45) is 5.92 Å². The van der Waals surface area contributed by atoms with E-state index < -0.39 is 30.4 Å². The van der Waals surface area contributed by atoms with Crippen LogP contribution in [0.1, 0.15) is 36.7 Å². The Morgan fingerprint density at radius 1 is 1.03 bits per heavy atom. The first-order valence-electron chi connectivity index (χ1n) is 9.84. The van der Waals surface area contributed by atoms with Crippen LogP contribution in [-0.4, -0.2) is 37.0 Å². The van der Waals surface area contributed by atoms with Gasteiger partial charge >= 0.3 is 5.97 Å². The first kappa shape index (κ1) is 23.4. The Morgan fingerprint density at radius 2 is 1.68 bits per heavy atom. The highest BCUT2D eigenvalue weighted by Gasteiger charge is 2.26. The van der Waals surface area contributed by atoms with E-state index in [1.54, 1.807) is 62.4 Å². The maximum Gasteiger partial charge on any atom is 0.329 e. The van der Waals surface area contributed by atoms with Gasteiger partial charge in [-0.05, 0) is 61.4 Å². The highest BCUT2D eigenvalue weighted by atomic mass is 16.5. The van der Waals surface area contributed by atoms with Crippen LogP contribution in [-0.2, 0) is 14.3 Å². The van der Waals surface area contributed by atoms with Crippen molar-refractivity contribution in [1.29, 1.82) is 5.26 Å². The van der Waals surface area contributed by atoms with Crippen LogP contribution in [0.4, 0.5) is 5.69 Å². The largest absolute Gasteiger partial charge is 0.494 e. The quantitative estimate of drug-likeness (QED) is 0.599. The van der Waals surface area contributed by atoms with E-state index in [9.17, 15) is 14.4 Å². The lowest BCUT2D eigenvalue weighted by molar-refractivity contribution is -0.150. The Morgan fingerprint density at radius 3 is 2.23 bits per heavy atom. The molecule has 0 radical (unpaired) electrons. The summed E-state index contributed by atoms with van der Waals surface area (Å²) >= 11 is 0. The molecule has 0 saturated carbocycles. The van der Waals surface area contributed by atoms with Gasteiger partial charge in [0.25, 0.3) is 11.8 Å². The minimum atomic E-state index is -0.915. The number of nitriles is 1. The van der Waals surface area contributed by atoms with Crippen LogP contribution >= 0.6 is 0 Å². The maximum atomic E-state index is 12.5. The molecule has 31 heavy (non-hydrogen) atoms. The minimum absolute atomic E-state index is 0.249. The lowest BCUT2D eigenvalue weighted by Gasteiger charge is -2.21. The number of amides is 2. The summed E-state index contributed by atoms with van der Waals surface area (Å²) in [7, 11) is 0. The van der Waals surface area contributed by atoms with E-state index in [1.807, 2.05) is 13.0 Å².